The number of benzene rings is 1. The molecule has 0 fully saturated rings. The van der Waals surface area contributed by atoms with Gasteiger partial charge in [-0.1, -0.05) is 59.8 Å². The van der Waals surface area contributed by atoms with Crippen LogP contribution in [0.5, 0.6) is 0 Å². The summed E-state index contributed by atoms with van der Waals surface area (Å²) in [7, 11) is 0. The summed E-state index contributed by atoms with van der Waals surface area (Å²) in [6, 6.07) is 5.90. The third kappa shape index (κ3) is 3.81. The van der Waals surface area contributed by atoms with Gasteiger partial charge in [-0.2, -0.15) is 0 Å². The zero-order valence-corrected chi connectivity index (χ0v) is 18.6. The summed E-state index contributed by atoms with van der Waals surface area (Å²) in [6.07, 6.45) is 5.12. The smallest absolute Gasteiger partial charge is 0.159 e. The monoisotopic (exact) mass is 391 g/mol. The molecule has 3 rings (SSSR count). The summed E-state index contributed by atoms with van der Waals surface area (Å²) < 4.78 is 0. The van der Waals surface area contributed by atoms with Crippen molar-refractivity contribution >= 4 is 28.2 Å². The minimum Gasteiger partial charge on any atom is -0.343 e. The van der Waals surface area contributed by atoms with Gasteiger partial charge in [0.1, 0.15) is 0 Å². The normalized spacial score (nSPS) is 14.4. The van der Waals surface area contributed by atoms with E-state index in [4.69, 9.17) is 4.98 Å². The number of fused-ring (bicyclic) bond motifs is 2. The molecular weight excluding hydrogens is 358 g/mol. The Labute approximate surface area is 174 Å². The highest BCUT2D eigenvalue weighted by atomic mass is 16.1. The molecule has 154 valence electrons. The molecule has 0 radical (unpaired) electrons. The highest BCUT2D eigenvalue weighted by Crippen LogP contribution is 2.46. The summed E-state index contributed by atoms with van der Waals surface area (Å²) >= 11 is 0. The van der Waals surface area contributed by atoms with E-state index in [0.29, 0.717) is 17.4 Å². The quantitative estimate of drug-likeness (QED) is 0.516. The van der Waals surface area contributed by atoms with Gasteiger partial charge >= 0.3 is 0 Å². The molecule has 0 saturated carbocycles. The summed E-state index contributed by atoms with van der Waals surface area (Å²) in [5, 5.41) is 4.56. The maximum absolute atomic E-state index is 11.9. The van der Waals surface area contributed by atoms with Crippen LogP contribution in [-0.2, 0) is 0 Å². The Kier molecular flexibility index (Phi) is 6.11. The van der Waals surface area contributed by atoms with E-state index in [9.17, 15) is 4.79 Å². The van der Waals surface area contributed by atoms with Gasteiger partial charge in [0.2, 0.25) is 0 Å². The molecule has 1 atom stereocenters. The first-order valence-corrected chi connectivity index (χ1v) is 10.7. The number of nitrogens with one attached hydrogen (secondary N) is 1. The van der Waals surface area contributed by atoms with Crippen molar-refractivity contribution < 1.29 is 4.79 Å². The van der Waals surface area contributed by atoms with E-state index in [1.807, 2.05) is 12.1 Å². The number of hydrogen-bond acceptors (Lipinski definition) is 4. The molecule has 0 amide bonds. The molecule has 4 nitrogen and oxygen atoms in total. The average molecular weight is 392 g/mol. The van der Waals surface area contributed by atoms with Gasteiger partial charge in [0.05, 0.1) is 11.2 Å². The summed E-state index contributed by atoms with van der Waals surface area (Å²) in [5.74, 6) is 1.57. The van der Waals surface area contributed by atoms with E-state index in [-0.39, 0.29) is 5.78 Å². The van der Waals surface area contributed by atoms with Crippen LogP contribution in [0.3, 0.4) is 0 Å². The van der Waals surface area contributed by atoms with E-state index >= 15 is 0 Å². The van der Waals surface area contributed by atoms with Crippen molar-refractivity contribution in [3.05, 3.63) is 53.5 Å². The molecule has 1 aliphatic rings. The van der Waals surface area contributed by atoms with Gasteiger partial charge in [-0.3, -0.25) is 4.79 Å². The molecule has 0 aliphatic carbocycles. The second-order valence-electron chi connectivity index (χ2n) is 8.33. The number of anilines is 2. The van der Waals surface area contributed by atoms with Crippen molar-refractivity contribution in [3.63, 3.8) is 0 Å². The molecule has 0 spiro atoms. The van der Waals surface area contributed by atoms with Crippen LogP contribution in [0.4, 0.5) is 11.5 Å². The standard InChI is InChI=1S/C25H33N3O/c1-8-10-20-14-26-25-24(28(20)17(6)15(3)4)23(16(5)9-2)21-12-11-19(18(7)29)13-22(21)27-25/h11-16H,6,8-10H2,1-5,7H3,(H,26,27). The first-order valence-electron chi connectivity index (χ1n) is 10.7. The van der Waals surface area contributed by atoms with Crippen LogP contribution in [0, 0.1) is 5.92 Å². The van der Waals surface area contributed by atoms with Crippen LogP contribution in [0.15, 0.2) is 42.4 Å². The predicted octanol–water partition coefficient (Wildman–Crippen LogP) is 6.99. The minimum absolute atomic E-state index is 0.0596. The lowest BCUT2D eigenvalue weighted by Gasteiger charge is -2.38. The van der Waals surface area contributed by atoms with Crippen molar-refractivity contribution in [1.29, 1.82) is 0 Å². The van der Waals surface area contributed by atoms with Crippen LogP contribution in [0.2, 0.25) is 0 Å². The number of allylic oxidation sites excluding steroid dienone is 2. The van der Waals surface area contributed by atoms with E-state index < -0.39 is 0 Å². The van der Waals surface area contributed by atoms with Crippen LogP contribution < -0.4 is 10.2 Å². The van der Waals surface area contributed by atoms with Crippen LogP contribution in [-0.4, -0.2) is 10.8 Å². The number of aromatic nitrogens is 1. The second kappa shape index (κ2) is 8.40. The highest BCUT2D eigenvalue weighted by molar-refractivity contribution is 6.01. The van der Waals surface area contributed by atoms with Crippen molar-refractivity contribution in [1.82, 2.24) is 4.98 Å². The van der Waals surface area contributed by atoms with Crippen molar-refractivity contribution in [3.8, 4) is 0 Å². The maximum Gasteiger partial charge on any atom is 0.159 e. The third-order valence-electron chi connectivity index (χ3n) is 5.86. The molecule has 0 bridgehead atoms. The topological polar surface area (TPSA) is 45.2 Å². The summed E-state index contributed by atoms with van der Waals surface area (Å²) in [6.45, 7) is 17.1. The number of pyridine rings is 1. The number of ketones is 1. The number of carbonyl (C=O) groups excluding carboxylic acids is 1. The molecule has 1 aromatic heterocycles. The summed E-state index contributed by atoms with van der Waals surface area (Å²) in [5.41, 5.74) is 6.26. The Morgan fingerprint density at radius 1 is 1.24 bits per heavy atom. The molecule has 29 heavy (non-hydrogen) atoms. The van der Waals surface area contributed by atoms with Crippen LogP contribution in [0.1, 0.15) is 82.6 Å². The molecule has 2 heterocycles. The van der Waals surface area contributed by atoms with Crippen LogP contribution in [0.25, 0.3) is 10.9 Å². The molecule has 1 aromatic carbocycles. The number of rotatable bonds is 7. The minimum atomic E-state index is 0.0596. The third-order valence-corrected chi connectivity index (χ3v) is 5.86. The second-order valence-corrected chi connectivity index (χ2v) is 8.33. The van der Waals surface area contributed by atoms with Crippen molar-refractivity contribution in [2.24, 2.45) is 5.92 Å². The van der Waals surface area contributed by atoms with Gasteiger partial charge in [-0.15, -0.1) is 0 Å². The average Bonchev–Trinajstić information content (AvgIpc) is 2.70. The number of nitrogens with zero attached hydrogens (tertiary/aromatic N) is 2. The maximum atomic E-state index is 11.9. The molecule has 4 heteroatoms. The Hall–Kier alpha value is -2.62. The molecule has 1 N–H and O–H groups in total. The van der Waals surface area contributed by atoms with Gasteiger partial charge in [-0.05, 0) is 43.2 Å². The molecule has 2 aromatic rings. The molecule has 1 aliphatic heterocycles. The Balaban J connectivity index is 2.35. The first kappa shape index (κ1) is 21.1. The van der Waals surface area contributed by atoms with E-state index in [1.165, 1.54) is 11.3 Å². The van der Waals surface area contributed by atoms with Gasteiger partial charge in [0, 0.05) is 28.5 Å². The fourth-order valence-corrected chi connectivity index (χ4v) is 3.92. The predicted molar refractivity (Wildman–Crippen MR) is 124 cm³/mol. The molecular formula is C25H33N3O. The number of Topliss-reactive ketones (excluding diaryl/α,β-unsaturated/α-hetero) is 1. The number of hydrogen-bond donors (Lipinski definition) is 1. The van der Waals surface area contributed by atoms with E-state index in [2.05, 4.69) is 63.7 Å². The fourth-order valence-electron chi connectivity index (χ4n) is 3.92. The van der Waals surface area contributed by atoms with Crippen molar-refractivity contribution in [2.45, 2.75) is 66.7 Å². The first-order chi connectivity index (χ1) is 13.8. The SMILES string of the molecule is C=C(C(C)C)N1C(CCC)=CNc2nc3cc(C(C)=O)ccc3c(C(C)CC)c21. The van der Waals surface area contributed by atoms with Gasteiger partial charge in [0.15, 0.2) is 11.6 Å². The van der Waals surface area contributed by atoms with Crippen molar-refractivity contribution in [2.75, 3.05) is 10.2 Å². The van der Waals surface area contributed by atoms with Gasteiger partial charge in [-0.25, -0.2) is 4.98 Å². The number of carbonyl (C=O) groups is 1. The van der Waals surface area contributed by atoms with Gasteiger partial charge in [0.25, 0.3) is 0 Å². The van der Waals surface area contributed by atoms with E-state index in [0.717, 1.165) is 47.4 Å². The Morgan fingerprint density at radius 2 is 1.97 bits per heavy atom. The van der Waals surface area contributed by atoms with Gasteiger partial charge < -0.3 is 10.2 Å². The van der Waals surface area contributed by atoms with Crippen LogP contribution >= 0.6 is 0 Å². The molecule has 1 unspecified atom stereocenters. The van der Waals surface area contributed by atoms with E-state index in [1.54, 1.807) is 6.92 Å². The lowest BCUT2D eigenvalue weighted by Crippen LogP contribution is -2.30. The zero-order chi connectivity index (χ0) is 21.3. The Bertz CT molecular complexity index is 987. The fraction of sp³-hybridized carbons (Fsp3) is 0.440. The zero-order valence-electron chi connectivity index (χ0n) is 18.6. The molecule has 0 saturated heterocycles. The Morgan fingerprint density at radius 3 is 2.55 bits per heavy atom. The lowest BCUT2D eigenvalue weighted by molar-refractivity contribution is 0.101. The highest BCUT2D eigenvalue weighted by Gasteiger charge is 2.30. The lowest BCUT2D eigenvalue weighted by atomic mass is 9.90. The summed E-state index contributed by atoms with van der Waals surface area (Å²) in [4.78, 5) is 19.2. The largest absolute Gasteiger partial charge is 0.343 e.